The molecule has 0 radical (unpaired) electrons. The number of halogens is 2. The Balaban J connectivity index is 1.55. The van der Waals surface area contributed by atoms with Gasteiger partial charge in [0.05, 0.1) is 11.4 Å². The van der Waals surface area contributed by atoms with Crippen LogP contribution < -0.4 is 5.56 Å². The zero-order chi connectivity index (χ0) is 25.4. The van der Waals surface area contributed by atoms with Crippen LogP contribution >= 0.6 is 11.6 Å². The lowest BCUT2D eigenvalue weighted by Crippen LogP contribution is -2.09. The number of aryl methyl sites for hydroxylation is 1. The van der Waals surface area contributed by atoms with E-state index in [2.05, 4.69) is 4.98 Å². The van der Waals surface area contributed by atoms with Gasteiger partial charge in [0.25, 0.3) is 5.56 Å². The first-order valence-corrected chi connectivity index (χ1v) is 11.7. The summed E-state index contributed by atoms with van der Waals surface area (Å²) in [5, 5.41) is 10.4. The van der Waals surface area contributed by atoms with Crippen molar-refractivity contribution in [2.75, 3.05) is 0 Å². The van der Waals surface area contributed by atoms with Gasteiger partial charge in [-0.05, 0) is 70.0 Å². The van der Waals surface area contributed by atoms with Crippen LogP contribution in [0.3, 0.4) is 0 Å². The second-order valence-electron chi connectivity index (χ2n) is 8.74. The highest BCUT2D eigenvalue weighted by Crippen LogP contribution is 2.34. The van der Waals surface area contributed by atoms with Crippen LogP contribution in [-0.4, -0.2) is 16.1 Å². The molecule has 4 aromatic carbocycles. The van der Waals surface area contributed by atoms with Crippen LogP contribution in [0.4, 0.5) is 4.39 Å². The molecule has 0 bridgehead atoms. The van der Waals surface area contributed by atoms with Gasteiger partial charge in [0.1, 0.15) is 5.82 Å². The third kappa shape index (κ3) is 4.66. The molecule has 0 saturated carbocycles. The first-order chi connectivity index (χ1) is 17.3. The average molecular weight is 498 g/mol. The van der Waals surface area contributed by atoms with Crippen LogP contribution in [0.5, 0.6) is 0 Å². The van der Waals surface area contributed by atoms with Crippen molar-refractivity contribution in [2.24, 2.45) is 0 Å². The van der Waals surface area contributed by atoms with Crippen LogP contribution in [0.1, 0.15) is 11.1 Å². The Labute approximate surface area is 211 Å². The first-order valence-electron chi connectivity index (χ1n) is 11.3. The molecule has 0 amide bonds. The van der Waals surface area contributed by atoms with Crippen molar-refractivity contribution < 1.29 is 14.3 Å². The maximum absolute atomic E-state index is 14.0. The fraction of sp³-hybridized carbons (Fsp3) is 0.0667. The molecule has 0 aliphatic carbocycles. The number of H-pyrrole nitrogens is 1. The molecule has 36 heavy (non-hydrogen) atoms. The van der Waals surface area contributed by atoms with E-state index in [9.17, 15) is 14.0 Å². The van der Waals surface area contributed by atoms with E-state index in [0.29, 0.717) is 32.8 Å². The number of rotatable bonds is 5. The standard InChI is InChI=1S/C30H21ClFNO3/c1-17-5-6-21(15-27(17)32)19-7-9-20(10-8-19)24-13-23-14-25(30(36)33-28(23)16-26(24)31)22-4-2-3-18(11-22)12-29(34)35/h2-11,13-16H,12H2,1H3,(H,33,36)(H,34,35). The first kappa shape index (κ1) is 23.5. The van der Waals surface area contributed by atoms with E-state index in [0.717, 1.165) is 27.6 Å². The summed E-state index contributed by atoms with van der Waals surface area (Å²) in [5.74, 6) is -1.18. The maximum atomic E-state index is 14.0. The van der Waals surface area contributed by atoms with Crippen molar-refractivity contribution in [2.45, 2.75) is 13.3 Å². The minimum absolute atomic E-state index is 0.121. The van der Waals surface area contributed by atoms with Crippen molar-refractivity contribution >= 4 is 28.5 Å². The van der Waals surface area contributed by atoms with Gasteiger partial charge in [-0.1, -0.05) is 72.3 Å². The van der Waals surface area contributed by atoms with E-state index < -0.39 is 5.97 Å². The zero-order valence-corrected chi connectivity index (χ0v) is 20.1. The molecule has 178 valence electrons. The number of aromatic nitrogens is 1. The molecule has 0 aliphatic rings. The Hall–Kier alpha value is -4.22. The van der Waals surface area contributed by atoms with E-state index >= 15 is 0 Å². The number of aliphatic carboxylic acids is 1. The molecule has 5 rings (SSSR count). The number of carbonyl (C=O) groups is 1. The molecule has 1 aromatic heterocycles. The highest BCUT2D eigenvalue weighted by Gasteiger charge is 2.12. The van der Waals surface area contributed by atoms with E-state index in [4.69, 9.17) is 16.7 Å². The highest BCUT2D eigenvalue weighted by molar-refractivity contribution is 6.34. The molecule has 1 heterocycles. The van der Waals surface area contributed by atoms with Gasteiger partial charge in [-0.2, -0.15) is 0 Å². The fourth-order valence-corrected chi connectivity index (χ4v) is 4.57. The van der Waals surface area contributed by atoms with Crippen LogP contribution in [-0.2, 0) is 11.2 Å². The van der Waals surface area contributed by atoms with Gasteiger partial charge in [0.15, 0.2) is 0 Å². The van der Waals surface area contributed by atoms with Gasteiger partial charge in [0, 0.05) is 16.6 Å². The molecule has 5 aromatic rings. The van der Waals surface area contributed by atoms with E-state index in [-0.39, 0.29) is 17.8 Å². The summed E-state index contributed by atoms with van der Waals surface area (Å²) in [7, 11) is 0. The Morgan fingerprint density at radius 3 is 2.28 bits per heavy atom. The van der Waals surface area contributed by atoms with Crippen molar-refractivity contribution in [3.05, 3.63) is 117 Å². The van der Waals surface area contributed by atoms with E-state index in [1.165, 1.54) is 6.07 Å². The smallest absolute Gasteiger partial charge is 0.307 e. The lowest BCUT2D eigenvalue weighted by molar-refractivity contribution is -0.136. The third-order valence-electron chi connectivity index (χ3n) is 6.23. The van der Waals surface area contributed by atoms with Gasteiger partial charge in [-0.15, -0.1) is 0 Å². The number of carboxylic acids is 1. The third-order valence-corrected chi connectivity index (χ3v) is 6.54. The SMILES string of the molecule is Cc1ccc(-c2ccc(-c3cc4cc(-c5cccc(CC(=O)O)c5)c(=O)[nH]c4cc3Cl)cc2)cc1F. The summed E-state index contributed by atoms with van der Waals surface area (Å²) in [4.78, 5) is 26.8. The summed E-state index contributed by atoms with van der Waals surface area (Å²) in [6, 6.07) is 25.3. The topological polar surface area (TPSA) is 70.2 Å². The van der Waals surface area contributed by atoms with Crippen molar-refractivity contribution in [3.63, 3.8) is 0 Å². The number of pyridine rings is 1. The Morgan fingerprint density at radius 2 is 1.56 bits per heavy atom. The molecule has 0 saturated heterocycles. The number of hydrogen-bond acceptors (Lipinski definition) is 2. The normalized spacial score (nSPS) is 11.1. The Bertz CT molecular complexity index is 1690. The predicted octanol–water partition coefficient (Wildman–Crippen LogP) is 7.26. The van der Waals surface area contributed by atoms with Crippen molar-refractivity contribution in [1.82, 2.24) is 4.98 Å². The minimum Gasteiger partial charge on any atom is -0.481 e. The van der Waals surface area contributed by atoms with Gasteiger partial charge in [0.2, 0.25) is 0 Å². The molecule has 0 spiro atoms. The second-order valence-corrected chi connectivity index (χ2v) is 9.15. The van der Waals surface area contributed by atoms with Gasteiger partial charge < -0.3 is 10.1 Å². The molecular formula is C30H21ClFNO3. The summed E-state index contributed by atoms with van der Waals surface area (Å²) in [6.07, 6.45) is -0.121. The number of hydrogen-bond donors (Lipinski definition) is 2. The lowest BCUT2D eigenvalue weighted by atomic mass is 9.97. The molecule has 6 heteroatoms. The average Bonchev–Trinajstić information content (AvgIpc) is 2.85. The van der Waals surface area contributed by atoms with Crippen LogP contribution in [0, 0.1) is 12.7 Å². The number of fused-ring (bicyclic) bond motifs is 1. The fourth-order valence-electron chi connectivity index (χ4n) is 4.30. The summed E-state index contributed by atoms with van der Waals surface area (Å²) in [5.41, 5.74) is 5.98. The molecule has 0 unspecified atom stereocenters. The van der Waals surface area contributed by atoms with Crippen LogP contribution in [0.25, 0.3) is 44.3 Å². The molecule has 0 atom stereocenters. The number of benzene rings is 4. The maximum Gasteiger partial charge on any atom is 0.307 e. The number of aromatic amines is 1. The second kappa shape index (κ2) is 9.44. The minimum atomic E-state index is -0.933. The summed E-state index contributed by atoms with van der Waals surface area (Å²) >= 11 is 6.58. The molecule has 2 N–H and O–H groups in total. The van der Waals surface area contributed by atoms with Crippen molar-refractivity contribution in [3.8, 4) is 33.4 Å². The monoisotopic (exact) mass is 497 g/mol. The summed E-state index contributed by atoms with van der Waals surface area (Å²) in [6.45, 7) is 1.73. The molecule has 4 nitrogen and oxygen atoms in total. The zero-order valence-electron chi connectivity index (χ0n) is 19.3. The predicted molar refractivity (Wildman–Crippen MR) is 142 cm³/mol. The van der Waals surface area contributed by atoms with Gasteiger partial charge in [-0.25, -0.2) is 4.39 Å². The highest BCUT2D eigenvalue weighted by atomic mass is 35.5. The molecule has 0 aliphatic heterocycles. The quantitative estimate of drug-likeness (QED) is 0.268. The van der Waals surface area contributed by atoms with Crippen LogP contribution in [0.2, 0.25) is 5.02 Å². The molecular weight excluding hydrogens is 477 g/mol. The van der Waals surface area contributed by atoms with Gasteiger partial charge >= 0.3 is 5.97 Å². The lowest BCUT2D eigenvalue weighted by Gasteiger charge is -2.11. The largest absolute Gasteiger partial charge is 0.481 e. The Morgan fingerprint density at radius 1 is 0.861 bits per heavy atom. The summed E-state index contributed by atoms with van der Waals surface area (Å²) < 4.78 is 14.0. The van der Waals surface area contributed by atoms with E-state index in [1.807, 2.05) is 36.4 Å². The molecule has 0 fully saturated rings. The number of nitrogens with one attached hydrogen (secondary N) is 1. The Kier molecular flexibility index (Phi) is 6.17. The van der Waals surface area contributed by atoms with Gasteiger partial charge in [-0.3, -0.25) is 9.59 Å². The van der Waals surface area contributed by atoms with Crippen LogP contribution in [0.15, 0.2) is 89.7 Å². The van der Waals surface area contributed by atoms with E-state index in [1.54, 1.807) is 49.4 Å². The van der Waals surface area contributed by atoms with Crippen molar-refractivity contribution in [1.29, 1.82) is 0 Å². The number of carboxylic acid groups (broad SMARTS) is 1.